The van der Waals surface area contributed by atoms with Crippen molar-refractivity contribution in [2.75, 3.05) is 26.1 Å². The molecule has 0 heterocycles. The number of hydrogen-bond donors (Lipinski definition) is 2. The molecule has 1 unspecified atom stereocenters. The third-order valence-electron chi connectivity index (χ3n) is 5.98. The highest BCUT2D eigenvalue weighted by molar-refractivity contribution is 5.53. The van der Waals surface area contributed by atoms with Crippen molar-refractivity contribution in [2.24, 2.45) is 0 Å². The lowest BCUT2D eigenvalue weighted by Crippen LogP contribution is -2.24. The van der Waals surface area contributed by atoms with E-state index in [4.69, 9.17) is 9.47 Å². The molecule has 4 nitrogen and oxygen atoms in total. The van der Waals surface area contributed by atoms with Gasteiger partial charge < -0.3 is 20.1 Å². The Morgan fingerprint density at radius 3 is 2.31 bits per heavy atom. The third kappa shape index (κ3) is 5.51. The average molecular weight is 429 g/mol. The number of allylic oxidation sites excluding steroid dienone is 2. The summed E-state index contributed by atoms with van der Waals surface area (Å²) >= 11 is 0. The fraction of sp³-hybridized carbons (Fsp3) is 0.286. The molecule has 0 saturated carbocycles. The number of nitrogens with one attached hydrogen (secondary N) is 2. The molecule has 0 bridgehead atoms. The zero-order chi connectivity index (χ0) is 22.2. The van der Waals surface area contributed by atoms with E-state index in [2.05, 4.69) is 77.4 Å². The van der Waals surface area contributed by atoms with Gasteiger partial charge in [0.15, 0.2) is 0 Å². The van der Waals surface area contributed by atoms with E-state index in [1.165, 1.54) is 22.4 Å². The van der Waals surface area contributed by atoms with Gasteiger partial charge in [0, 0.05) is 12.1 Å². The standard InChI is InChI=1S/C28H32N2O2/c1-31-25-15-13-22(14-16-25)28(29-19-7-10-21-8-4-3-5-9-21)23-11-6-12-24(20-23)30-26-17-18-27(26)32-2/h3-6,8-9,11-16,20,28-30H,7,10,17-19H2,1-2H3. The minimum atomic E-state index is 0.107. The summed E-state index contributed by atoms with van der Waals surface area (Å²) in [6.45, 7) is 0.933. The second kappa shape index (κ2) is 10.9. The topological polar surface area (TPSA) is 42.5 Å². The molecule has 0 saturated heterocycles. The Hall–Kier alpha value is -3.24. The molecule has 3 aromatic carbocycles. The molecule has 0 spiro atoms. The van der Waals surface area contributed by atoms with Gasteiger partial charge in [0.05, 0.1) is 26.0 Å². The van der Waals surface area contributed by atoms with Gasteiger partial charge in [0.1, 0.15) is 11.5 Å². The van der Waals surface area contributed by atoms with Crippen LogP contribution in [0.5, 0.6) is 5.75 Å². The molecule has 4 rings (SSSR count). The van der Waals surface area contributed by atoms with Crippen molar-refractivity contribution in [1.29, 1.82) is 0 Å². The van der Waals surface area contributed by atoms with Crippen molar-refractivity contribution in [1.82, 2.24) is 5.32 Å². The summed E-state index contributed by atoms with van der Waals surface area (Å²) < 4.78 is 10.8. The second-order valence-corrected chi connectivity index (χ2v) is 8.11. The average Bonchev–Trinajstić information content (AvgIpc) is 2.83. The third-order valence-corrected chi connectivity index (χ3v) is 5.98. The van der Waals surface area contributed by atoms with Gasteiger partial charge >= 0.3 is 0 Å². The Bertz CT molecular complexity index is 1030. The fourth-order valence-electron chi connectivity index (χ4n) is 4.09. The molecular formula is C28H32N2O2. The predicted octanol–water partition coefficient (Wildman–Crippen LogP) is 6.07. The van der Waals surface area contributed by atoms with Gasteiger partial charge in [-0.25, -0.2) is 0 Å². The Labute approximate surface area is 191 Å². The molecule has 4 heteroatoms. The first-order valence-corrected chi connectivity index (χ1v) is 11.3. The summed E-state index contributed by atoms with van der Waals surface area (Å²) in [4.78, 5) is 0. The molecule has 0 radical (unpaired) electrons. The van der Waals surface area contributed by atoms with Crippen LogP contribution in [0, 0.1) is 0 Å². The first-order valence-electron chi connectivity index (χ1n) is 11.3. The number of benzene rings is 3. The Morgan fingerprint density at radius 1 is 0.812 bits per heavy atom. The quantitative estimate of drug-likeness (QED) is 0.364. The van der Waals surface area contributed by atoms with Crippen LogP contribution >= 0.6 is 0 Å². The summed E-state index contributed by atoms with van der Waals surface area (Å²) in [6, 6.07) is 27.8. The monoisotopic (exact) mass is 428 g/mol. The Morgan fingerprint density at radius 2 is 1.62 bits per heavy atom. The number of anilines is 1. The lowest BCUT2D eigenvalue weighted by molar-refractivity contribution is 0.253. The van der Waals surface area contributed by atoms with E-state index in [-0.39, 0.29) is 6.04 Å². The van der Waals surface area contributed by atoms with Gasteiger partial charge in [-0.3, -0.25) is 0 Å². The molecule has 0 fully saturated rings. The van der Waals surface area contributed by atoms with E-state index in [0.717, 1.165) is 49.4 Å². The number of rotatable bonds is 11. The SMILES string of the molecule is COC1=C(Nc2cccc(C(NCCCc3ccccc3)c3ccc(OC)cc3)c2)CC1. The number of hydrogen-bond acceptors (Lipinski definition) is 4. The van der Waals surface area contributed by atoms with Crippen LogP contribution in [0.4, 0.5) is 5.69 Å². The maximum atomic E-state index is 5.43. The van der Waals surface area contributed by atoms with Gasteiger partial charge in [-0.2, -0.15) is 0 Å². The van der Waals surface area contributed by atoms with Gasteiger partial charge in [-0.15, -0.1) is 0 Å². The molecule has 0 aliphatic heterocycles. The van der Waals surface area contributed by atoms with Gasteiger partial charge in [-0.05, 0) is 66.8 Å². The van der Waals surface area contributed by atoms with Gasteiger partial charge in [0.25, 0.3) is 0 Å². The molecule has 1 aliphatic carbocycles. The Kier molecular flexibility index (Phi) is 7.47. The minimum absolute atomic E-state index is 0.107. The highest BCUT2D eigenvalue weighted by atomic mass is 16.5. The number of ether oxygens (including phenoxy) is 2. The zero-order valence-electron chi connectivity index (χ0n) is 18.9. The molecule has 2 N–H and O–H groups in total. The van der Waals surface area contributed by atoms with Crippen LogP contribution in [0.2, 0.25) is 0 Å². The van der Waals surface area contributed by atoms with E-state index in [9.17, 15) is 0 Å². The highest BCUT2D eigenvalue weighted by Crippen LogP contribution is 2.31. The van der Waals surface area contributed by atoms with Crippen LogP contribution in [0.15, 0.2) is 90.3 Å². The largest absolute Gasteiger partial charge is 0.499 e. The van der Waals surface area contributed by atoms with Crippen LogP contribution in [0.3, 0.4) is 0 Å². The van der Waals surface area contributed by atoms with Gasteiger partial charge in [-0.1, -0.05) is 54.6 Å². The maximum absolute atomic E-state index is 5.43. The molecule has 0 amide bonds. The lowest BCUT2D eigenvalue weighted by atomic mass is 9.97. The van der Waals surface area contributed by atoms with E-state index in [1.54, 1.807) is 14.2 Å². The molecule has 0 aromatic heterocycles. The zero-order valence-corrected chi connectivity index (χ0v) is 18.9. The normalized spacial score (nSPS) is 13.9. The van der Waals surface area contributed by atoms with Crippen molar-refractivity contribution in [3.8, 4) is 5.75 Å². The summed E-state index contributed by atoms with van der Waals surface area (Å²) in [5.41, 5.74) is 6.11. The van der Waals surface area contributed by atoms with E-state index >= 15 is 0 Å². The number of aryl methyl sites for hydroxylation is 1. The van der Waals surface area contributed by atoms with Crippen molar-refractivity contribution in [3.63, 3.8) is 0 Å². The van der Waals surface area contributed by atoms with Crippen molar-refractivity contribution in [2.45, 2.75) is 31.7 Å². The first-order chi connectivity index (χ1) is 15.8. The molecule has 1 aliphatic rings. The van der Waals surface area contributed by atoms with E-state index in [0.29, 0.717) is 0 Å². The van der Waals surface area contributed by atoms with E-state index < -0.39 is 0 Å². The fourth-order valence-corrected chi connectivity index (χ4v) is 4.09. The first kappa shape index (κ1) is 22.0. The highest BCUT2D eigenvalue weighted by Gasteiger charge is 2.19. The predicted molar refractivity (Wildman–Crippen MR) is 131 cm³/mol. The van der Waals surface area contributed by atoms with Crippen LogP contribution in [-0.2, 0) is 11.2 Å². The van der Waals surface area contributed by atoms with Crippen LogP contribution in [0.1, 0.15) is 42.0 Å². The van der Waals surface area contributed by atoms with Crippen LogP contribution in [0.25, 0.3) is 0 Å². The molecule has 32 heavy (non-hydrogen) atoms. The molecular weight excluding hydrogens is 396 g/mol. The van der Waals surface area contributed by atoms with Crippen LogP contribution in [-0.4, -0.2) is 20.8 Å². The van der Waals surface area contributed by atoms with Crippen molar-refractivity contribution in [3.05, 3.63) is 107 Å². The van der Waals surface area contributed by atoms with Crippen molar-refractivity contribution >= 4 is 5.69 Å². The van der Waals surface area contributed by atoms with Crippen LogP contribution < -0.4 is 15.4 Å². The second-order valence-electron chi connectivity index (χ2n) is 8.11. The lowest BCUT2D eigenvalue weighted by Gasteiger charge is -2.25. The minimum Gasteiger partial charge on any atom is -0.499 e. The maximum Gasteiger partial charge on any atom is 0.118 e. The summed E-state index contributed by atoms with van der Waals surface area (Å²) in [6.07, 6.45) is 4.19. The van der Waals surface area contributed by atoms with Crippen molar-refractivity contribution < 1.29 is 9.47 Å². The molecule has 166 valence electrons. The van der Waals surface area contributed by atoms with E-state index in [1.807, 2.05) is 12.1 Å². The summed E-state index contributed by atoms with van der Waals surface area (Å²) in [5, 5.41) is 7.32. The molecule has 1 atom stereocenters. The smallest absolute Gasteiger partial charge is 0.118 e. The molecule has 3 aromatic rings. The summed E-state index contributed by atoms with van der Waals surface area (Å²) in [5.74, 6) is 1.93. The Balaban J connectivity index is 1.49. The van der Waals surface area contributed by atoms with Gasteiger partial charge in [0.2, 0.25) is 0 Å². The number of methoxy groups -OCH3 is 2. The summed E-state index contributed by atoms with van der Waals surface area (Å²) in [7, 11) is 3.44.